The summed E-state index contributed by atoms with van der Waals surface area (Å²) in [5.41, 5.74) is 1.13. The fraction of sp³-hybridized carbons (Fsp3) is 0.452. The molecule has 3 heterocycles. The van der Waals surface area contributed by atoms with Crippen molar-refractivity contribution in [2.75, 3.05) is 26.2 Å². The van der Waals surface area contributed by atoms with E-state index in [2.05, 4.69) is 15.0 Å². The number of nitrogens with zero attached hydrogens (tertiary/aromatic N) is 3. The van der Waals surface area contributed by atoms with Crippen molar-refractivity contribution in [3.05, 3.63) is 69.6 Å². The molecule has 0 unspecified atom stereocenters. The summed E-state index contributed by atoms with van der Waals surface area (Å²) in [6.07, 6.45) is -2.04. The summed E-state index contributed by atoms with van der Waals surface area (Å²) < 4.78 is 69.1. The van der Waals surface area contributed by atoms with Gasteiger partial charge in [-0.25, -0.2) is 8.42 Å². The lowest BCUT2D eigenvalue weighted by Gasteiger charge is -2.36. The first-order valence-electron chi connectivity index (χ1n) is 14.6. The first kappa shape index (κ1) is 32.6. The number of halogens is 3. The lowest BCUT2D eigenvalue weighted by Crippen LogP contribution is -2.50. The number of ether oxygens (including phenoxy) is 1. The van der Waals surface area contributed by atoms with Crippen LogP contribution in [-0.4, -0.2) is 84.1 Å². The van der Waals surface area contributed by atoms with E-state index in [0.717, 1.165) is 28.7 Å². The highest BCUT2D eigenvalue weighted by Gasteiger charge is 2.47. The molecule has 2 saturated heterocycles. The minimum atomic E-state index is -4.82. The number of aryl methyl sites for hydroxylation is 2. The molecule has 0 aliphatic carbocycles. The van der Waals surface area contributed by atoms with Crippen molar-refractivity contribution in [2.24, 2.45) is 4.99 Å². The SMILES string of the molecule is Cc1cc(C(=O)N2CCC(C)(O)CC2)cc(C)c1/C=C/S(=O)(=O)N1CCC2(CC1)N=C(c1ccc(OC(F)(F)F)cc1)NC2=O. The van der Waals surface area contributed by atoms with Crippen molar-refractivity contribution in [2.45, 2.75) is 64.0 Å². The van der Waals surface area contributed by atoms with E-state index in [-0.39, 0.29) is 37.7 Å². The van der Waals surface area contributed by atoms with Crippen molar-refractivity contribution in [1.29, 1.82) is 0 Å². The number of rotatable bonds is 6. The van der Waals surface area contributed by atoms with Crippen LogP contribution in [0, 0.1) is 13.8 Å². The molecule has 0 bridgehead atoms. The summed E-state index contributed by atoms with van der Waals surface area (Å²) in [5, 5.41) is 14.0. The molecule has 2 aromatic carbocycles. The highest BCUT2D eigenvalue weighted by molar-refractivity contribution is 7.92. The lowest BCUT2D eigenvalue weighted by molar-refractivity contribution is -0.274. The molecule has 3 aliphatic rings. The second kappa shape index (κ2) is 11.9. The van der Waals surface area contributed by atoms with Gasteiger partial charge in [-0.1, -0.05) is 0 Å². The molecule has 14 heteroatoms. The highest BCUT2D eigenvalue weighted by Crippen LogP contribution is 2.33. The Morgan fingerprint density at radius 1 is 1.02 bits per heavy atom. The van der Waals surface area contributed by atoms with E-state index in [4.69, 9.17) is 0 Å². The highest BCUT2D eigenvalue weighted by atomic mass is 32.2. The van der Waals surface area contributed by atoms with Crippen molar-refractivity contribution >= 4 is 33.7 Å². The molecule has 0 radical (unpaired) electrons. The van der Waals surface area contributed by atoms with Crippen molar-refractivity contribution < 1.29 is 41.0 Å². The van der Waals surface area contributed by atoms with E-state index < -0.39 is 39.2 Å². The van der Waals surface area contributed by atoms with Crippen LogP contribution < -0.4 is 10.1 Å². The lowest BCUT2D eigenvalue weighted by atomic mass is 9.89. The van der Waals surface area contributed by atoms with Gasteiger partial charge in [-0.3, -0.25) is 14.6 Å². The number of benzene rings is 2. The van der Waals surface area contributed by atoms with E-state index >= 15 is 0 Å². The van der Waals surface area contributed by atoms with Crippen LogP contribution in [0.25, 0.3) is 6.08 Å². The van der Waals surface area contributed by atoms with E-state index in [9.17, 15) is 36.3 Å². The van der Waals surface area contributed by atoms with Gasteiger partial charge in [0.15, 0.2) is 0 Å². The number of hydrogen-bond acceptors (Lipinski definition) is 7. The zero-order chi connectivity index (χ0) is 32.8. The monoisotopic (exact) mass is 648 g/mol. The van der Waals surface area contributed by atoms with E-state index in [1.165, 1.54) is 22.5 Å². The number of sulfonamides is 1. The molecule has 2 aromatic rings. The summed E-state index contributed by atoms with van der Waals surface area (Å²) in [7, 11) is -3.85. The molecule has 1 spiro atoms. The largest absolute Gasteiger partial charge is 0.573 e. The third kappa shape index (κ3) is 7.23. The number of nitrogens with one attached hydrogen (secondary N) is 1. The molecule has 0 aromatic heterocycles. The maximum Gasteiger partial charge on any atom is 0.573 e. The smallest absolute Gasteiger partial charge is 0.406 e. The Balaban J connectivity index is 1.24. The standard InChI is InChI=1S/C31H35F3N4O6S/c1-20-18-23(27(39)37-13-9-29(3,41)10-14-37)19-21(2)25(20)8-17-45(42,43)38-15-11-30(12-16-38)28(40)35-26(36-30)22-4-6-24(7-5-22)44-31(32,33)34/h4-8,17-19,41H,9-16H2,1-3H3,(H,35,36,40)/b17-8+. The molecule has 10 nitrogen and oxygen atoms in total. The number of piperidine rings is 2. The van der Waals surface area contributed by atoms with Gasteiger partial charge in [0.05, 0.1) is 5.60 Å². The maximum atomic E-state index is 13.2. The first-order chi connectivity index (χ1) is 21.0. The fourth-order valence-corrected chi connectivity index (χ4v) is 7.06. The number of amidine groups is 1. The van der Waals surface area contributed by atoms with E-state index in [1.54, 1.807) is 24.0 Å². The molecular formula is C31H35F3N4O6S. The average molecular weight is 649 g/mol. The quantitative estimate of drug-likeness (QED) is 0.489. The predicted molar refractivity (Wildman–Crippen MR) is 161 cm³/mol. The molecule has 5 rings (SSSR count). The Hall–Kier alpha value is -3.75. The molecule has 2 fully saturated rings. The van der Waals surface area contributed by atoms with Crippen LogP contribution in [0.15, 0.2) is 46.8 Å². The number of hydrogen-bond donors (Lipinski definition) is 2. The Kier molecular flexibility index (Phi) is 8.62. The number of amides is 2. The third-order valence-electron chi connectivity index (χ3n) is 8.63. The second-order valence-electron chi connectivity index (χ2n) is 12.1. The van der Waals surface area contributed by atoms with Gasteiger partial charge in [0.1, 0.15) is 17.1 Å². The van der Waals surface area contributed by atoms with Gasteiger partial charge in [0.25, 0.3) is 11.8 Å². The number of carbonyl (C=O) groups is 2. The molecular weight excluding hydrogens is 613 g/mol. The Morgan fingerprint density at radius 2 is 1.60 bits per heavy atom. The molecule has 2 N–H and O–H groups in total. The van der Waals surface area contributed by atoms with Crippen LogP contribution in [0.5, 0.6) is 5.75 Å². The molecule has 242 valence electrons. The van der Waals surface area contributed by atoms with Crippen LogP contribution in [0.3, 0.4) is 0 Å². The van der Waals surface area contributed by atoms with Gasteiger partial charge in [-0.05, 0) is 106 Å². The third-order valence-corrected chi connectivity index (χ3v) is 10.2. The number of alkyl halides is 3. The minimum Gasteiger partial charge on any atom is -0.406 e. The summed E-state index contributed by atoms with van der Waals surface area (Å²) >= 11 is 0. The van der Waals surface area contributed by atoms with Gasteiger partial charge in [0.2, 0.25) is 10.0 Å². The van der Waals surface area contributed by atoms with Crippen molar-refractivity contribution in [1.82, 2.24) is 14.5 Å². The molecule has 3 aliphatic heterocycles. The molecule has 0 atom stereocenters. The zero-order valence-corrected chi connectivity index (χ0v) is 26.0. The summed E-state index contributed by atoms with van der Waals surface area (Å²) in [6, 6.07) is 8.44. The Morgan fingerprint density at radius 3 is 2.16 bits per heavy atom. The topological polar surface area (TPSA) is 129 Å². The maximum absolute atomic E-state index is 13.2. The number of likely N-dealkylation sites (tertiary alicyclic amines) is 1. The van der Waals surface area contributed by atoms with E-state index in [0.29, 0.717) is 42.6 Å². The molecule has 2 amide bonds. The number of aliphatic hydroxyl groups is 1. The van der Waals surface area contributed by atoms with Crippen LogP contribution in [-0.2, 0) is 14.8 Å². The summed E-state index contributed by atoms with van der Waals surface area (Å²) in [5.74, 6) is -0.719. The normalized spacial score (nSPS) is 20.4. The predicted octanol–water partition coefficient (Wildman–Crippen LogP) is 3.90. The summed E-state index contributed by atoms with van der Waals surface area (Å²) in [4.78, 5) is 32.3. The second-order valence-corrected chi connectivity index (χ2v) is 13.9. The fourth-order valence-electron chi connectivity index (χ4n) is 5.89. The zero-order valence-electron chi connectivity index (χ0n) is 25.1. The average Bonchev–Trinajstić information content (AvgIpc) is 3.26. The van der Waals surface area contributed by atoms with Crippen LogP contribution in [0.1, 0.15) is 65.2 Å². The van der Waals surface area contributed by atoms with Crippen molar-refractivity contribution in [3.63, 3.8) is 0 Å². The van der Waals surface area contributed by atoms with Crippen LogP contribution >= 0.6 is 0 Å². The van der Waals surface area contributed by atoms with Gasteiger partial charge in [-0.2, -0.15) is 4.31 Å². The van der Waals surface area contributed by atoms with Gasteiger partial charge < -0.3 is 20.1 Å². The first-order valence-corrected chi connectivity index (χ1v) is 16.1. The van der Waals surface area contributed by atoms with Gasteiger partial charge in [0, 0.05) is 42.7 Å². The number of aliphatic imine (C=N–C) groups is 1. The minimum absolute atomic E-state index is 0.0450. The van der Waals surface area contributed by atoms with Crippen LogP contribution in [0.4, 0.5) is 13.2 Å². The van der Waals surface area contributed by atoms with Crippen molar-refractivity contribution in [3.8, 4) is 5.75 Å². The molecule has 45 heavy (non-hydrogen) atoms. The van der Waals surface area contributed by atoms with Crippen LogP contribution in [0.2, 0.25) is 0 Å². The Labute approximate surface area is 259 Å². The van der Waals surface area contributed by atoms with Gasteiger partial charge in [-0.15, -0.1) is 13.2 Å². The Bertz CT molecular complexity index is 1630. The summed E-state index contributed by atoms with van der Waals surface area (Å²) in [6.45, 7) is 6.40. The number of carbonyl (C=O) groups excluding carboxylic acids is 2. The van der Waals surface area contributed by atoms with E-state index in [1.807, 2.05) is 13.8 Å². The van der Waals surface area contributed by atoms with Gasteiger partial charge >= 0.3 is 6.36 Å². The molecule has 0 saturated carbocycles.